The van der Waals surface area contributed by atoms with Crippen LogP contribution in [0.2, 0.25) is 0 Å². The molecule has 1 heterocycles. The van der Waals surface area contributed by atoms with Crippen molar-refractivity contribution in [1.29, 1.82) is 0 Å². The average Bonchev–Trinajstić information content (AvgIpc) is 2.52. The minimum atomic E-state index is 0.573. The Labute approximate surface area is 119 Å². The number of anilines is 2. The summed E-state index contributed by atoms with van der Waals surface area (Å²) in [4.78, 5) is 10.6. The molecule has 1 N–H and O–H groups in total. The number of hydrogen-bond acceptors (Lipinski definition) is 5. The van der Waals surface area contributed by atoms with Gasteiger partial charge in [-0.25, -0.2) is 4.98 Å². The molecular weight excluding hydrogens is 252 g/mol. The largest absolute Gasteiger partial charge is 0.481 e. The third-order valence-electron chi connectivity index (χ3n) is 2.99. The highest BCUT2D eigenvalue weighted by molar-refractivity contribution is 5.44. The van der Waals surface area contributed by atoms with Gasteiger partial charge in [0, 0.05) is 38.1 Å². The van der Waals surface area contributed by atoms with Gasteiger partial charge >= 0.3 is 0 Å². The number of para-hydroxylation sites is 1. The van der Waals surface area contributed by atoms with Crippen molar-refractivity contribution in [2.45, 2.75) is 6.42 Å². The highest BCUT2D eigenvalue weighted by Gasteiger charge is 2.01. The molecule has 1 aromatic heterocycles. The van der Waals surface area contributed by atoms with Crippen molar-refractivity contribution in [2.75, 3.05) is 37.5 Å². The molecule has 0 aliphatic carbocycles. The molecule has 5 heteroatoms. The summed E-state index contributed by atoms with van der Waals surface area (Å²) in [7, 11) is 3.69. The van der Waals surface area contributed by atoms with Crippen molar-refractivity contribution in [3.05, 3.63) is 42.6 Å². The normalized spacial score (nSPS) is 10.1. The Balaban J connectivity index is 1.73. The molecule has 0 aliphatic rings. The Hall–Kier alpha value is -2.30. The van der Waals surface area contributed by atoms with Crippen molar-refractivity contribution in [2.24, 2.45) is 0 Å². The van der Waals surface area contributed by atoms with Crippen molar-refractivity contribution >= 4 is 11.6 Å². The van der Waals surface area contributed by atoms with Gasteiger partial charge in [-0.05, 0) is 18.6 Å². The third-order valence-corrected chi connectivity index (χ3v) is 2.99. The molecule has 20 heavy (non-hydrogen) atoms. The fraction of sp³-hybridized carbons (Fsp3) is 0.333. The molecular formula is C15H20N4O. The van der Waals surface area contributed by atoms with E-state index < -0.39 is 0 Å². The van der Waals surface area contributed by atoms with Crippen LogP contribution in [0, 0.1) is 0 Å². The molecule has 0 bridgehead atoms. The SMILES string of the molecule is COc1ccnc(NCCCN(C)c2ccccc2)n1. The van der Waals surface area contributed by atoms with E-state index in [1.165, 1.54) is 5.69 Å². The number of hydrogen-bond donors (Lipinski definition) is 1. The Morgan fingerprint density at radius 2 is 2.00 bits per heavy atom. The average molecular weight is 272 g/mol. The first-order valence-corrected chi connectivity index (χ1v) is 6.66. The van der Waals surface area contributed by atoms with E-state index in [0.717, 1.165) is 19.5 Å². The van der Waals surface area contributed by atoms with E-state index in [0.29, 0.717) is 11.8 Å². The number of nitrogens with one attached hydrogen (secondary N) is 1. The highest BCUT2D eigenvalue weighted by atomic mass is 16.5. The molecule has 0 radical (unpaired) electrons. The summed E-state index contributed by atoms with van der Waals surface area (Å²) in [6, 6.07) is 12.1. The maximum atomic E-state index is 5.06. The quantitative estimate of drug-likeness (QED) is 0.784. The van der Waals surface area contributed by atoms with Gasteiger partial charge < -0.3 is 15.0 Å². The zero-order valence-corrected chi connectivity index (χ0v) is 11.9. The summed E-state index contributed by atoms with van der Waals surface area (Å²) in [5, 5.41) is 3.20. The summed E-state index contributed by atoms with van der Waals surface area (Å²) < 4.78 is 5.06. The van der Waals surface area contributed by atoms with Crippen LogP contribution in [0.3, 0.4) is 0 Å². The second-order valence-electron chi connectivity index (χ2n) is 4.46. The van der Waals surface area contributed by atoms with Gasteiger partial charge in [0.25, 0.3) is 0 Å². The van der Waals surface area contributed by atoms with E-state index in [1.54, 1.807) is 19.4 Å². The Morgan fingerprint density at radius 1 is 1.20 bits per heavy atom. The lowest BCUT2D eigenvalue weighted by Crippen LogP contribution is -2.21. The lowest BCUT2D eigenvalue weighted by Gasteiger charge is -2.19. The van der Waals surface area contributed by atoms with E-state index in [1.807, 2.05) is 18.2 Å². The van der Waals surface area contributed by atoms with Crippen LogP contribution in [-0.2, 0) is 0 Å². The topological polar surface area (TPSA) is 50.3 Å². The number of ether oxygens (including phenoxy) is 1. The summed E-state index contributed by atoms with van der Waals surface area (Å²) in [5.41, 5.74) is 1.23. The van der Waals surface area contributed by atoms with Crippen LogP contribution in [0.25, 0.3) is 0 Å². The zero-order valence-electron chi connectivity index (χ0n) is 11.9. The van der Waals surface area contributed by atoms with Crippen LogP contribution in [0.15, 0.2) is 42.6 Å². The van der Waals surface area contributed by atoms with Gasteiger partial charge in [-0.1, -0.05) is 18.2 Å². The molecule has 0 fully saturated rings. The van der Waals surface area contributed by atoms with Crippen molar-refractivity contribution < 1.29 is 4.74 Å². The first-order valence-electron chi connectivity index (χ1n) is 6.66. The smallest absolute Gasteiger partial charge is 0.225 e. The molecule has 0 unspecified atom stereocenters. The molecule has 1 aromatic carbocycles. The lowest BCUT2D eigenvalue weighted by atomic mass is 10.3. The minimum absolute atomic E-state index is 0.573. The summed E-state index contributed by atoms with van der Waals surface area (Å²) in [5.74, 6) is 1.18. The molecule has 2 aromatic rings. The molecule has 0 amide bonds. The summed E-state index contributed by atoms with van der Waals surface area (Å²) >= 11 is 0. The predicted molar refractivity (Wildman–Crippen MR) is 81.4 cm³/mol. The van der Waals surface area contributed by atoms with Gasteiger partial charge in [0.05, 0.1) is 7.11 Å². The third kappa shape index (κ3) is 4.12. The standard InChI is InChI=1S/C15H20N4O/c1-19(13-7-4-3-5-8-13)12-6-10-16-15-17-11-9-14(18-15)20-2/h3-5,7-9,11H,6,10,12H2,1-2H3,(H,16,17,18). The highest BCUT2D eigenvalue weighted by Crippen LogP contribution is 2.11. The molecule has 0 aliphatic heterocycles. The molecule has 0 saturated heterocycles. The summed E-state index contributed by atoms with van der Waals surface area (Å²) in [6.07, 6.45) is 2.69. The van der Waals surface area contributed by atoms with Crippen molar-refractivity contribution in [1.82, 2.24) is 9.97 Å². The molecule has 5 nitrogen and oxygen atoms in total. The van der Waals surface area contributed by atoms with Crippen LogP contribution in [-0.4, -0.2) is 37.2 Å². The fourth-order valence-corrected chi connectivity index (χ4v) is 1.87. The van der Waals surface area contributed by atoms with Gasteiger partial charge in [0.1, 0.15) is 0 Å². The molecule has 0 saturated carbocycles. The van der Waals surface area contributed by atoms with E-state index in [2.05, 4.69) is 39.4 Å². The first kappa shape index (κ1) is 14.1. The first-order chi connectivity index (χ1) is 9.79. The molecule has 0 spiro atoms. The van der Waals surface area contributed by atoms with Gasteiger partial charge in [-0.2, -0.15) is 4.98 Å². The van der Waals surface area contributed by atoms with E-state index >= 15 is 0 Å². The van der Waals surface area contributed by atoms with Crippen molar-refractivity contribution in [3.8, 4) is 5.88 Å². The van der Waals surface area contributed by atoms with E-state index in [-0.39, 0.29) is 0 Å². The second kappa shape index (κ2) is 7.33. The number of aromatic nitrogens is 2. The lowest BCUT2D eigenvalue weighted by molar-refractivity contribution is 0.397. The number of methoxy groups -OCH3 is 1. The monoisotopic (exact) mass is 272 g/mol. The van der Waals surface area contributed by atoms with E-state index in [4.69, 9.17) is 4.74 Å². The minimum Gasteiger partial charge on any atom is -0.481 e. The van der Waals surface area contributed by atoms with Gasteiger partial charge in [0.15, 0.2) is 0 Å². The molecule has 2 rings (SSSR count). The van der Waals surface area contributed by atoms with Crippen LogP contribution in [0.4, 0.5) is 11.6 Å². The Bertz CT molecular complexity index is 518. The fourth-order valence-electron chi connectivity index (χ4n) is 1.87. The van der Waals surface area contributed by atoms with Crippen LogP contribution in [0.5, 0.6) is 5.88 Å². The van der Waals surface area contributed by atoms with Crippen LogP contribution < -0.4 is 15.0 Å². The van der Waals surface area contributed by atoms with Gasteiger partial charge in [0.2, 0.25) is 11.8 Å². The van der Waals surface area contributed by atoms with Crippen molar-refractivity contribution in [3.63, 3.8) is 0 Å². The number of nitrogens with zero attached hydrogens (tertiary/aromatic N) is 3. The van der Waals surface area contributed by atoms with Gasteiger partial charge in [-0.3, -0.25) is 0 Å². The molecule has 106 valence electrons. The van der Waals surface area contributed by atoms with Crippen LogP contribution in [0.1, 0.15) is 6.42 Å². The summed E-state index contributed by atoms with van der Waals surface area (Å²) in [6.45, 7) is 1.80. The second-order valence-corrected chi connectivity index (χ2v) is 4.46. The maximum absolute atomic E-state index is 5.06. The van der Waals surface area contributed by atoms with Gasteiger partial charge in [-0.15, -0.1) is 0 Å². The Morgan fingerprint density at radius 3 is 2.75 bits per heavy atom. The van der Waals surface area contributed by atoms with E-state index in [9.17, 15) is 0 Å². The maximum Gasteiger partial charge on any atom is 0.225 e. The van der Waals surface area contributed by atoms with Crippen LogP contribution >= 0.6 is 0 Å². The Kier molecular flexibility index (Phi) is 5.17. The number of benzene rings is 1. The zero-order chi connectivity index (χ0) is 14.2. The molecule has 0 atom stereocenters. The predicted octanol–water partition coefficient (Wildman–Crippen LogP) is 2.42. The number of rotatable bonds is 7.